The molecule has 1 amide bonds. The lowest BCUT2D eigenvalue weighted by Crippen LogP contribution is -2.27. The molecular weight excluding hydrogens is 268 g/mol. The predicted octanol–water partition coefficient (Wildman–Crippen LogP) is 3.76. The molecule has 2 N–H and O–H groups in total. The van der Waals surface area contributed by atoms with Crippen LogP contribution >= 0.6 is 0 Å². The lowest BCUT2D eigenvalue weighted by Gasteiger charge is -2.20. The van der Waals surface area contributed by atoms with Gasteiger partial charge in [-0.1, -0.05) is 0 Å². The third-order valence-electron chi connectivity index (χ3n) is 2.76. The standard InChI is InChI=1S/C16H16N2O3/c1-16(2,3)21-15(20)18-14-7-4-10(9-17)12-6-5-11(19)8-13(12)14/h4-8,19H,1-3H3,(H,18,20). The van der Waals surface area contributed by atoms with E-state index in [0.29, 0.717) is 22.0 Å². The fraction of sp³-hybridized carbons (Fsp3) is 0.250. The molecule has 0 aliphatic carbocycles. The van der Waals surface area contributed by atoms with Gasteiger partial charge in [-0.05, 0) is 51.1 Å². The van der Waals surface area contributed by atoms with Crippen molar-refractivity contribution in [2.45, 2.75) is 26.4 Å². The number of hydrogen-bond donors (Lipinski definition) is 2. The van der Waals surface area contributed by atoms with Gasteiger partial charge in [-0.2, -0.15) is 5.26 Å². The maximum Gasteiger partial charge on any atom is 0.412 e. The summed E-state index contributed by atoms with van der Waals surface area (Å²) in [4.78, 5) is 11.9. The summed E-state index contributed by atoms with van der Waals surface area (Å²) in [5, 5.41) is 22.6. The Bertz CT molecular complexity index is 739. The van der Waals surface area contributed by atoms with Gasteiger partial charge in [0.15, 0.2) is 0 Å². The number of phenolic OH excluding ortho intramolecular Hbond substituents is 1. The van der Waals surface area contributed by atoms with Crippen molar-refractivity contribution in [2.24, 2.45) is 0 Å². The van der Waals surface area contributed by atoms with Gasteiger partial charge in [0, 0.05) is 10.8 Å². The van der Waals surface area contributed by atoms with Crippen LogP contribution in [0, 0.1) is 11.3 Å². The van der Waals surface area contributed by atoms with Crippen LogP contribution in [0.1, 0.15) is 26.3 Å². The maximum atomic E-state index is 11.9. The van der Waals surface area contributed by atoms with Crippen LogP contribution in [0.15, 0.2) is 30.3 Å². The van der Waals surface area contributed by atoms with E-state index in [4.69, 9.17) is 10.00 Å². The van der Waals surface area contributed by atoms with E-state index in [0.717, 1.165) is 0 Å². The zero-order valence-corrected chi connectivity index (χ0v) is 12.1. The van der Waals surface area contributed by atoms with Crippen LogP contribution in [0.5, 0.6) is 5.75 Å². The number of nitriles is 1. The number of phenols is 1. The van der Waals surface area contributed by atoms with Gasteiger partial charge >= 0.3 is 6.09 Å². The zero-order chi connectivity index (χ0) is 15.6. The lowest BCUT2D eigenvalue weighted by atomic mass is 10.0. The monoisotopic (exact) mass is 284 g/mol. The molecule has 0 aliphatic heterocycles. The molecule has 0 aromatic heterocycles. The molecule has 108 valence electrons. The van der Waals surface area contributed by atoms with E-state index in [2.05, 4.69) is 11.4 Å². The summed E-state index contributed by atoms with van der Waals surface area (Å²) in [6.45, 7) is 5.32. The van der Waals surface area contributed by atoms with Crippen molar-refractivity contribution < 1.29 is 14.6 Å². The highest BCUT2D eigenvalue weighted by atomic mass is 16.6. The molecule has 2 rings (SSSR count). The first-order valence-electron chi connectivity index (χ1n) is 6.46. The van der Waals surface area contributed by atoms with Crippen molar-refractivity contribution >= 4 is 22.6 Å². The van der Waals surface area contributed by atoms with E-state index in [1.807, 2.05) is 0 Å². The summed E-state index contributed by atoms with van der Waals surface area (Å²) < 4.78 is 5.20. The van der Waals surface area contributed by atoms with Crippen LogP contribution in [-0.2, 0) is 4.74 Å². The molecule has 0 aliphatic rings. The number of anilines is 1. The largest absolute Gasteiger partial charge is 0.508 e. The van der Waals surface area contributed by atoms with E-state index in [1.54, 1.807) is 39.0 Å². The van der Waals surface area contributed by atoms with Crippen LogP contribution in [0.2, 0.25) is 0 Å². The van der Waals surface area contributed by atoms with Crippen LogP contribution in [0.25, 0.3) is 10.8 Å². The van der Waals surface area contributed by atoms with E-state index < -0.39 is 11.7 Å². The van der Waals surface area contributed by atoms with Crippen LogP contribution < -0.4 is 5.32 Å². The van der Waals surface area contributed by atoms with Gasteiger partial charge in [-0.15, -0.1) is 0 Å². The summed E-state index contributed by atoms with van der Waals surface area (Å²) in [7, 11) is 0. The number of benzene rings is 2. The summed E-state index contributed by atoms with van der Waals surface area (Å²) in [6.07, 6.45) is -0.586. The number of ether oxygens (including phenoxy) is 1. The minimum absolute atomic E-state index is 0.0600. The summed E-state index contributed by atoms with van der Waals surface area (Å²) >= 11 is 0. The van der Waals surface area contributed by atoms with E-state index in [-0.39, 0.29) is 5.75 Å². The second-order valence-electron chi connectivity index (χ2n) is 5.63. The molecule has 0 spiro atoms. The number of carbonyl (C=O) groups excluding carboxylic acids is 1. The lowest BCUT2D eigenvalue weighted by molar-refractivity contribution is 0.0636. The number of hydrogen-bond acceptors (Lipinski definition) is 4. The molecule has 0 bridgehead atoms. The molecule has 0 unspecified atom stereocenters. The van der Waals surface area contributed by atoms with E-state index in [1.165, 1.54) is 12.1 Å². The quantitative estimate of drug-likeness (QED) is 0.835. The van der Waals surface area contributed by atoms with Crippen LogP contribution in [0.4, 0.5) is 10.5 Å². The predicted molar refractivity (Wildman–Crippen MR) is 80.2 cm³/mol. The molecule has 0 radical (unpaired) electrons. The molecule has 0 atom stereocenters. The van der Waals surface area contributed by atoms with Crippen molar-refractivity contribution in [1.82, 2.24) is 0 Å². The Kier molecular flexibility index (Phi) is 3.72. The Hall–Kier alpha value is -2.74. The van der Waals surface area contributed by atoms with Crippen molar-refractivity contribution in [2.75, 3.05) is 5.32 Å². The summed E-state index contributed by atoms with van der Waals surface area (Å²) in [6, 6.07) is 9.96. The van der Waals surface area contributed by atoms with Crippen LogP contribution in [-0.4, -0.2) is 16.8 Å². The Morgan fingerprint density at radius 1 is 1.24 bits per heavy atom. The Labute approximate surface area is 122 Å². The van der Waals surface area contributed by atoms with Gasteiger partial charge in [0.1, 0.15) is 11.4 Å². The molecule has 2 aromatic carbocycles. The number of fused-ring (bicyclic) bond motifs is 1. The second kappa shape index (κ2) is 5.33. The Morgan fingerprint density at radius 3 is 2.57 bits per heavy atom. The number of amides is 1. The number of rotatable bonds is 1. The highest BCUT2D eigenvalue weighted by Crippen LogP contribution is 2.30. The Balaban J connectivity index is 2.43. The van der Waals surface area contributed by atoms with Gasteiger partial charge < -0.3 is 9.84 Å². The van der Waals surface area contributed by atoms with Gasteiger partial charge in [0.2, 0.25) is 0 Å². The number of aromatic hydroxyl groups is 1. The number of nitrogens with one attached hydrogen (secondary N) is 1. The highest BCUT2D eigenvalue weighted by Gasteiger charge is 2.17. The molecule has 5 heteroatoms. The molecular formula is C16H16N2O3. The van der Waals surface area contributed by atoms with E-state index in [9.17, 15) is 9.90 Å². The smallest absolute Gasteiger partial charge is 0.412 e. The van der Waals surface area contributed by atoms with Gasteiger partial charge in [0.25, 0.3) is 0 Å². The SMILES string of the molecule is CC(C)(C)OC(=O)Nc1ccc(C#N)c2ccc(O)cc12. The van der Waals surface area contributed by atoms with Crippen molar-refractivity contribution in [3.05, 3.63) is 35.9 Å². The van der Waals surface area contributed by atoms with Gasteiger partial charge in [-0.3, -0.25) is 5.32 Å². The van der Waals surface area contributed by atoms with Gasteiger partial charge in [-0.25, -0.2) is 4.79 Å². The summed E-state index contributed by atoms with van der Waals surface area (Å²) in [5.41, 5.74) is 0.350. The van der Waals surface area contributed by atoms with E-state index >= 15 is 0 Å². The molecule has 2 aromatic rings. The fourth-order valence-corrected chi connectivity index (χ4v) is 1.96. The molecule has 0 saturated heterocycles. The molecule has 0 saturated carbocycles. The van der Waals surface area contributed by atoms with Crippen molar-refractivity contribution in [1.29, 1.82) is 5.26 Å². The average molecular weight is 284 g/mol. The minimum Gasteiger partial charge on any atom is -0.508 e. The minimum atomic E-state index is -0.603. The van der Waals surface area contributed by atoms with Gasteiger partial charge in [0.05, 0.1) is 17.3 Å². The average Bonchev–Trinajstić information content (AvgIpc) is 2.37. The first-order valence-corrected chi connectivity index (χ1v) is 6.46. The maximum absolute atomic E-state index is 11.9. The topological polar surface area (TPSA) is 82.3 Å². The third kappa shape index (κ3) is 3.42. The molecule has 0 heterocycles. The first kappa shape index (κ1) is 14.7. The number of carbonyl (C=O) groups is 1. The molecule has 0 fully saturated rings. The number of nitrogens with zero attached hydrogens (tertiary/aromatic N) is 1. The zero-order valence-electron chi connectivity index (χ0n) is 12.1. The Morgan fingerprint density at radius 2 is 1.95 bits per heavy atom. The summed E-state index contributed by atoms with van der Waals surface area (Å²) in [5.74, 6) is 0.0600. The van der Waals surface area contributed by atoms with Crippen molar-refractivity contribution in [3.63, 3.8) is 0 Å². The molecule has 5 nitrogen and oxygen atoms in total. The fourth-order valence-electron chi connectivity index (χ4n) is 1.96. The second-order valence-corrected chi connectivity index (χ2v) is 5.63. The van der Waals surface area contributed by atoms with Crippen molar-refractivity contribution in [3.8, 4) is 11.8 Å². The molecule has 21 heavy (non-hydrogen) atoms. The third-order valence-corrected chi connectivity index (χ3v) is 2.76. The normalized spacial score (nSPS) is 11.0. The first-order chi connectivity index (χ1) is 9.80. The van der Waals surface area contributed by atoms with Crippen LogP contribution in [0.3, 0.4) is 0 Å². The highest BCUT2D eigenvalue weighted by molar-refractivity contribution is 6.03.